The first-order valence-electron chi connectivity index (χ1n) is 9.08. The number of nitrogens with zero attached hydrogens (tertiary/aromatic N) is 4. The molecule has 0 saturated carbocycles. The van der Waals surface area contributed by atoms with Gasteiger partial charge >= 0.3 is 0 Å². The third-order valence-electron chi connectivity index (χ3n) is 5.12. The largest absolute Gasteiger partial charge is 0.491 e. The smallest absolute Gasteiger partial charge is 0.229 e. The second kappa shape index (κ2) is 6.99. The van der Waals surface area contributed by atoms with Crippen LogP contribution in [0.15, 0.2) is 18.5 Å². The van der Waals surface area contributed by atoms with Crippen molar-refractivity contribution in [3.05, 3.63) is 41.0 Å². The fourth-order valence-corrected chi connectivity index (χ4v) is 3.60. The fourth-order valence-electron chi connectivity index (χ4n) is 3.60. The number of hydrogen-bond acceptors (Lipinski definition) is 6. The van der Waals surface area contributed by atoms with Crippen LogP contribution in [0, 0.1) is 0 Å². The fraction of sp³-hybridized carbons (Fsp3) is 0.474. The molecule has 2 aliphatic rings. The van der Waals surface area contributed by atoms with E-state index in [1.165, 1.54) is 12.5 Å². The van der Waals surface area contributed by atoms with Crippen LogP contribution in [0.25, 0.3) is 0 Å². The minimum absolute atomic E-state index is 0.153. The predicted molar refractivity (Wildman–Crippen MR) is 97.2 cm³/mol. The lowest BCUT2D eigenvalue weighted by atomic mass is 10.1. The van der Waals surface area contributed by atoms with Gasteiger partial charge < -0.3 is 4.74 Å². The van der Waals surface area contributed by atoms with Gasteiger partial charge in [-0.2, -0.15) is 0 Å². The van der Waals surface area contributed by atoms with E-state index >= 15 is 0 Å². The Kier molecular flexibility index (Phi) is 4.55. The molecule has 2 aliphatic heterocycles. The Morgan fingerprint density at radius 1 is 1.19 bits per heavy atom. The van der Waals surface area contributed by atoms with Gasteiger partial charge in [-0.1, -0.05) is 0 Å². The molecule has 0 fully saturated rings. The number of carbonyl (C=O) groups is 1. The molecule has 4 rings (SSSR count). The van der Waals surface area contributed by atoms with E-state index in [1.807, 2.05) is 12.4 Å². The lowest BCUT2D eigenvalue weighted by molar-refractivity contribution is -0.114. The van der Waals surface area contributed by atoms with E-state index in [0.29, 0.717) is 5.95 Å². The molecule has 136 valence electrons. The highest BCUT2D eigenvalue weighted by Crippen LogP contribution is 2.29. The molecule has 0 aliphatic carbocycles. The first kappa shape index (κ1) is 16.9. The maximum atomic E-state index is 11.2. The van der Waals surface area contributed by atoms with Gasteiger partial charge in [0.25, 0.3) is 0 Å². The van der Waals surface area contributed by atoms with Gasteiger partial charge in [0.05, 0.1) is 18.0 Å². The average Bonchev–Trinajstić information content (AvgIpc) is 2.99. The minimum atomic E-state index is -0.153. The molecule has 1 atom stereocenters. The molecule has 0 saturated heterocycles. The molecule has 2 aromatic rings. The zero-order valence-electron chi connectivity index (χ0n) is 15.2. The van der Waals surface area contributed by atoms with Gasteiger partial charge in [0.1, 0.15) is 5.75 Å². The number of carbonyl (C=O) groups excluding carboxylic acids is 1. The number of hydrogen-bond donors (Lipinski definition) is 1. The lowest BCUT2D eigenvalue weighted by Gasteiger charge is -2.27. The highest BCUT2D eigenvalue weighted by molar-refractivity contribution is 5.86. The molecule has 26 heavy (non-hydrogen) atoms. The molecule has 0 bridgehead atoms. The Morgan fingerprint density at radius 2 is 2.04 bits per heavy atom. The number of anilines is 1. The van der Waals surface area contributed by atoms with Crippen LogP contribution in [-0.2, 0) is 24.1 Å². The van der Waals surface area contributed by atoms with Crippen LogP contribution in [0.2, 0.25) is 0 Å². The third kappa shape index (κ3) is 3.39. The van der Waals surface area contributed by atoms with E-state index in [4.69, 9.17) is 4.74 Å². The number of aromatic nitrogens is 3. The molecule has 0 spiro atoms. The summed E-state index contributed by atoms with van der Waals surface area (Å²) in [6.07, 6.45) is 6.45. The molecule has 7 heteroatoms. The number of amides is 1. The van der Waals surface area contributed by atoms with Gasteiger partial charge in [0.2, 0.25) is 11.9 Å². The number of nitrogens with one attached hydrogen (secondary N) is 1. The topological polar surface area (TPSA) is 80.2 Å². The van der Waals surface area contributed by atoms with Crippen LogP contribution >= 0.6 is 0 Å². The Hall–Kier alpha value is -2.54. The molecule has 7 nitrogen and oxygen atoms in total. The second-order valence-corrected chi connectivity index (χ2v) is 6.87. The van der Waals surface area contributed by atoms with Crippen LogP contribution in [0.1, 0.15) is 42.4 Å². The maximum Gasteiger partial charge on any atom is 0.229 e. The van der Waals surface area contributed by atoms with Crippen LogP contribution in [-0.4, -0.2) is 45.5 Å². The monoisotopic (exact) mass is 353 g/mol. The van der Waals surface area contributed by atoms with Gasteiger partial charge in [0.15, 0.2) is 0 Å². The van der Waals surface area contributed by atoms with Crippen LogP contribution in [0.4, 0.5) is 5.95 Å². The predicted octanol–water partition coefficient (Wildman–Crippen LogP) is 1.93. The first-order chi connectivity index (χ1) is 12.6. The van der Waals surface area contributed by atoms with Crippen LogP contribution < -0.4 is 10.1 Å². The Morgan fingerprint density at radius 3 is 2.88 bits per heavy atom. The molecule has 1 amide bonds. The number of rotatable bonds is 3. The lowest BCUT2D eigenvalue weighted by Crippen LogP contribution is -2.29. The third-order valence-corrected chi connectivity index (χ3v) is 5.12. The standard InChI is InChI=1S/C19H23N5O2/c1-12(15-9-18-17(20-11-15)5-8-26-18)24-6-3-14-10-21-19(22-13(2)25)23-16(14)4-7-24/h9-12H,3-8H2,1-2H3,(H,21,22,23,25)/t12-/m0/s1. The van der Waals surface area contributed by atoms with Crippen molar-refractivity contribution < 1.29 is 9.53 Å². The molecular weight excluding hydrogens is 330 g/mol. The normalized spacial score (nSPS) is 17.6. The van der Waals surface area contributed by atoms with Crippen molar-refractivity contribution in [2.24, 2.45) is 0 Å². The summed E-state index contributed by atoms with van der Waals surface area (Å²) >= 11 is 0. The summed E-state index contributed by atoms with van der Waals surface area (Å²) in [6, 6.07) is 2.39. The minimum Gasteiger partial charge on any atom is -0.491 e. The van der Waals surface area contributed by atoms with Crippen molar-refractivity contribution in [2.45, 2.75) is 39.2 Å². The van der Waals surface area contributed by atoms with Crippen molar-refractivity contribution >= 4 is 11.9 Å². The Labute approximate surface area is 152 Å². The summed E-state index contributed by atoms with van der Waals surface area (Å²) in [5, 5.41) is 2.66. The molecule has 0 aromatic carbocycles. The molecule has 1 N–H and O–H groups in total. The van der Waals surface area contributed by atoms with Gasteiger partial charge in [-0.05, 0) is 30.5 Å². The van der Waals surface area contributed by atoms with Crippen molar-refractivity contribution in [1.29, 1.82) is 0 Å². The van der Waals surface area contributed by atoms with E-state index < -0.39 is 0 Å². The molecular formula is C19H23N5O2. The van der Waals surface area contributed by atoms with Gasteiger partial charge in [-0.25, -0.2) is 9.97 Å². The Bertz CT molecular complexity index is 839. The quantitative estimate of drug-likeness (QED) is 0.908. The second-order valence-electron chi connectivity index (χ2n) is 6.87. The summed E-state index contributed by atoms with van der Waals surface area (Å²) in [6.45, 7) is 6.25. The van der Waals surface area contributed by atoms with Crippen molar-refractivity contribution in [3.63, 3.8) is 0 Å². The maximum absolute atomic E-state index is 11.2. The van der Waals surface area contributed by atoms with Gasteiger partial charge in [-0.15, -0.1) is 0 Å². The molecule has 0 radical (unpaired) electrons. The van der Waals surface area contributed by atoms with Crippen LogP contribution in [0.5, 0.6) is 5.75 Å². The Balaban J connectivity index is 1.49. The number of pyridine rings is 1. The van der Waals surface area contributed by atoms with E-state index in [2.05, 4.69) is 38.2 Å². The summed E-state index contributed by atoms with van der Waals surface area (Å²) in [5.74, 6) is 1.16. The van der Waals surface area contributed by atoms with E-state index in [0.717, 1.165) is 61.7 Å². The summed E-state index contributed by atoms with van der Waals surface area (Å²) in [4.78, 5) is 27.0. The average molecular weight is 353 g/mol. The first-order valence-corrected chi connectivity index (χ1v) is 9.08. The number of fused-ring (bicyclic) bond motifs is 2. The van der Waals surface area contributed by atoms with Crippen molar-refractivity contribution in [2.75, 3.05) is 25.0 Å². The summed E-state index contributed by atoms with van der Waals surface area (Å²) < 4.78 is 5.66. The van der Waals surface area contributed by atoms with Crippen molar-refractivity contribution in [3.8, 4) is 5.75 Å². The van der Waals surface area contributed by atoms with E-state index in [1.54, 1.807) is 0 Å². The van der Waals surface area contributed by atoms with Gasteiger partial charge in [0, 0.05) is 51.3 Å². The summed E-state index contributed by atoms with van der Waals surface area (Å²) in [5.41, 5.74) is 4.42. The molecule has 0 unspecified atom stereocenters. The zero-order chi connectivity index (χ0) is 18.1. The van der Waals surface area contributed by atoms with E-state index in [-0.39, 0.29) is 11.9 Å². The SMILES string of the molecule is CC(=O)Nc1ncc2c(n1)CCN([C@@H](C)c1cnc3c(c1)OCC3)CC2. The summed E-state index contributed by atoms with van der Waals surface area (Å²) in [7, 11) is 0. The van der Waals surface area contributed by atoms with Crippen LogP contribution in [0.3, 0.4) is 0 Å². The highest BCUT2D eigenvalue weighted by Gasteiger charge is 2.23. The molecule has 2 aromatic heterocycles. The molecule has 4 heterocycles. The number of ether oxygens (including phenoxy) is 1. The highest BCUT2D eigenvalue weighted by atomic mass is 16.5. The van der Waals surface area contributed by atoms with Gasteiger partial charge in [-0.3, -0.25) is 20.0 Å². The zero-order valence-corrected chi connectivity index (χ0v) is 15.2. The van der Waals surface area contributed by atoms with E-state index in [9.17, 15) is 4.79 Å². The van der Waals surface area contributed by atoms with Crippen molar-refractivity contribution in [1.82, 2.24) is 19.9 Å².